The van der Waals surface area contributed by atoms with Gasteiger partial charge in [0, 0.05) is 43.5 Å². The number of para-hydroxylation sites is 1. The first-order valence-corrected chi connectivity index (χ1v) is 7.22. The molecule has 4 nitrogen and oxygen atoms in total. The third-order valence-electron chi connectivity index (χ3n) is 3.16. The van der Waals surface area contributed by atoms with Crippen molar-refractivity contribution in [2.45, 2.75) is 13.8 Å². The topological polar surface area (TPSA) is 63.1 Å². The van der Waals surface area contributed by atoms with E-state index in [1.807, 2.05) is 13.8 Å². The number of aryl methyl sites for hydroxylation is 2. The largest absolute Gasteiger partial charge is 0.507 e. The minimum atomic E-state index is -0.295. The standard InChI is InChI=1S/C12H10FN2.C7H6O2.Ir/c1-8-7-14-12(9(2)15-8)10-3-5-11(13)6-4-10;8-5-6-3-1-2-4-7(6)9;/h3,5-7H,1-2H3;1-5,9H;/q-1;;. The Bertz CT molecular complexity index is 839. The van der Waals surface area contributed by atoms with Crippen LogP contribution < -0.4 is 0 Å². The second-order valence-electron chi connectivity index (χ2n) is 5.04. The Balaban J connectivity index is 0.000000270. The van der Waals surface area contributed by atoms with Gasteiger partial charge in [0.05, 0.1) is 11.3 Å². The smallest absolute Gasteiger partial charge is 0.153 e. The van der Waals surface area contributed by atoms with Gasteiger partial charge in [-0.05, 0) is 26.0 Å². The van der Waals surface area contributed by atoms with Gasteiger partial charge in [-0.3, -0.25) is 14.2 Å². The number of hydrogen-bond donors (Lipinski definition) is 1. The van der Waals surface area contributed by atoms with E-state index in [1.54, 1.807) is 30.5 Å². The molecule has 6 heteroatoms. The van der Waals surface area contributed by atoms with E-state index in [2.05, 4.69) is 16.0 Å². The number of benzene rings is 2. The molecule has 0 aliphatic carbocycles. The molecule has 131 valence electrons. The van der Waals surface area contributed by atoms with Crippen molar-refractivity contribution in [1.29, 1.82) is 0 Å². The summed E-state index contributed by atoms with van der Waals surface area (Å²) in [6.07, 6.45) is 2.31. The van der Waals surface area contributed by atoms with Gasteiger partial charge >= 0.3 is 0 Å². The van der Waals surface area contributed by atoms with E-state index in [1.165, 1.54) is 18.2 Å². The van der Waals surface area contributed by atoms with Crippen molar-refractivity contribution >= 4 is 6.29 Å². The average molecular weight is 516 g/mol. The molecule has 1 radical (unpaired) electrons. The molecule has 0 aliphatic heterocycles. The van der Waals surface area contributed by atoms with Crippen LogP contribution in [0.15, 0.2) is 48.7 Å². The molecule has 3 rings (SSSR count). The summed E-state index contributed by atoms with van der Waals surface area (Å²) in [4.78, 5) is 18.6. The third-order valence-corrected chi connectivity index (χ3v) is 3.16. The number of nitrogens with zero attached hydrogens (tertiary/aromatic N) is 2. The first-order chi connectivity index (χ1) is 11.5. The zero-order valence-electron chi connectivity index (χ0n) is 13.7. The van der Waals surface area contributed by atoms with E-state index in [0.717, 1.165) is 22.6 Å². The van der Waals surface area contributed by atoms with Gasteiger partial charge in [0.15, 0.2) is 6.29 Å². The molecule has 0 unspecified atom stereocenters. The fourth-order valence-electron chi connectivity index (χ4n) is 2.00. The summed E-state index contributed by atoms with van der Waals surface area (Å²) in [6.45, 7) is 3.77. The zero-order valence-corrected chi connectivity index (χ0v) is 16.1. The number of aldehydes is 1. The number of phenolic OH excluding ortho intramolecular Hbond substituents is 1. The summed E-state index contributed by atoms with van der Waals surface area (Å²) >= 11 is 0. The summed E-state index contributed by atoms with van der Waals surface area (Å²) in [6, 6.07) is 13.6. The summed E-state index contributed by atoms with van der Waals surface area (Å²) in [7, 11) is 0. The van der Waals surface area contributed by atoms with Crippen LogP contribution in [-0.4, -0.2) is 21.4 Å². The van der Waals surface area contributed by atoms with Crippen LogP contribution in [0.2, 0.25) is 0 Å². The minimum Gasteiger partial charge on any atom is -0.507 e. The molecular weight excluding hydrogens is 499 g/mol. The second-order valence-corrected chi connectivity index (χ2v) is 5.04. The van der Waals surface area contributed by atoms with E-state index >= 15 is 0 Å². The molecule has 0 aliphatic rings. The van der Waals surface area contributed by atoms with Crippen LogP contribution in [0.1, 0.15) is 21.7 Å². The van der Waals surface area contributed by atoms with Crippen molar-refractivity contribution in [3.8, 4) is 17.0 Å². The number of phenols is 1. The molecule has 0 saturated carbocycles. The third kappa shape index (κ3) is 5.85. The van der Waals surface area contributed by atoms with Gasteiger partial charge < -0.3 is 10.1 Å². The van der Waals surface area contributed by atoms with Crippen LogP contribution in [0.25, 0.3) is 11.3 Å². The fraction of sp³-hybridized carbons (Fsp3) is 0.105. The van der Waals surface area contributed by atoms with Gasteiger partial charge in [0.1, 0.15) is 5.75 Å². The van der Waals surface area contributed by atoms with Crippen LogP contribution >= 0.6 is 0 Å². The van der Waals surface area contributed by atoms with Crippen LogP contribution in [0, 0.1) is 25.7 Å². The van der Waals surface area contributed by atoms with Gasteiger partial charge in [0.2, 0.25) is 0 Å². The number of carbonyl (C=O) groups excluding carboxylic acids is 1. The first kappa shape index (κ1) is 20.6. The Kier molecular flexibility index (Phi) is 8.05. The van der Waals surface area contributed by atoms with Gasteiger partial charge in [-0.2, -0.15) is 0 Å². The number of aromatic nitrogens is 2. The molecule has 1 heterocycles. The molecule has 0 fully saturated rings. The predicted octanol–water partition coefficient (Wildman–Crippen LogP) is 3.90. The number of rotatable bonds is 2. The summed E-state index contributed by atoms with van der Waals surface area (Å²) in [5, 5.41) is 8.88. The van der Waals surface area contributed by atoms with Gasteiger partial charge in [-0.25, -0.2) is 0 Å². The van der Waals surface area contributed by atoms with Crippen molar-refractivity contribution < 1.29 is 34.4 Å². The molecule has 3 aromatic rings. The van der Waals surface area contributed by atoms with Crippen molar-refractivity contribution in [3.05, 3.63) is 77.5 Å². The SMILES string of the molecule is Cc1cnc(-c2[c-]cc(F)cc2)c(C)n1.O=Cc1ccccc1O.[Ir]. The molecular formula is C19H16FIrN2O2-. The molecule has 0 bridgehead atoms. The summed E-state index contributed by atoms with van der Waals surface area (Å²) in [5.41, 5.74) is 3.55. The molecule has 0 spiro atoms. The van der Waals surface area contributed by atoms with E-state index in [-0.39, 0.29) is 31.7 Å². The van der Waals surface area contributed by atoms with E-state index in [0.29, 0.717) is 11.8 Å². The van der Waals surface area contributed by atoms with Crippen molar-refractivity contribution in [1.82, 2.24) is 9.97 Å². The van der Waals surface area contributed by atoms with E-state index < -0.39 is 0 Å². The summed E-state index contributed by atoms with van der Waals surface area (Å²) < 4.78 is 12.7. The molecule has 0 atom stereocenters. The molecule has 1 N–H and O–H groups in total. The molecule has 2 aromatic carbocycles. The van der Waals surface area contributed by atoms with E-state index in [9.17, 15) is 9.18 Å². The monoisotopic (exact) mass is 516 g/mol. The molecule has 25 heavy (non-hydrogen) atoms. The van der Waals surface area contributed by atoms with Crippen LogP contribution in [0.4, 0.5) is 4.39 Å². The Morgan fingerprint density at radius 1 is 1.16 bits per heavy atom. The quantitative estimate of drug-likeness (QED) is 0.416. The van der Waals surface area contributed by atoms with Gasteiger partial charge in [0.25, 0.3) is 0 Å². The number of aromatic hydroxyl groups is 1. The van der Waals surface area contributed by atoms with Gasteiger partial charge in [-0.15, -0.1) is 29.8 Å². The second kappa shape index (κ2) is 9.77. The Labute approximate surface area is 159 Å². The fourth-order valence-corrected chi connectivity index (χ4v) is 2.00. The summed E-state index contributed by atoms with van der Waals surface area (Å²) in [5.74, 6) is -0.260. The molecule has 0 amide bonds. The Morgan fingerprint density at radius 2 is 1.88 bits per heavy atom. The van der Waals surface area contributed by atoms with E-state index in [4.69, 9.17) is 5.11 Å². The Morgan fingerprint density at radius 3 is 2.40 bits per heavy atom. The number of carbonyl (C=O) groups is 1. The minimum absolute atomic E-state index is 0. The van der Waals surface area contributed by atoms with Crippen molar-refractivity contribution in [2.75, 3.05) is 0 Å². The number of halogens is 1. The van der Waals surface area contributed by atoms with Gasteiger partial charge in [-0.1, -0.05) is 12.1 Å². The molecule has 1 aromatic heterocycles. The normalized spacial score (nSPS) is 9.40. The maximum absolute atomic E-state index is 12.7. The predicted molar refractivity (Wildman–Crippen MR) is 89.2 cm³/mol. The van der Waals surface area contributed by atoms with Crippen molar-refractivity contribution in [2.24, 2.45) is 0 Å². The van der Waals surface area contributed by atoms with Crippen LogP contribution in [0.5, 0.6) is 5.75 Å². The number of hydrogen-bond acceptors (Lipinski definition) is 4. The maximum Gasteiger partial charge on any atom is 0.153 e. The Hall–Kier alpha value is -2.43. The van der Waals surface area contributed by atoms with Crippen LogP contribution in [0.3, 0.4) is 0 Å². The molecule has 0 saturated heterocycles. The zero-order chi connectivity index (χ0) is 17.5. The van der Waals surface area contributed by atoms with Crippen LogP contribution in [-0.2, 0) is 20.1 Å². The van der Waals surface area contributed by atoms with Crippen molar-refractivity contribution in [3.63, 3.8) is 0 Å². The first-order valence-electron chi connectivity index (χ1n) is 7.22. The maximum atomic E-state index is 12.7. The average Bonchev–Trinajstić information content (AvgIpc) is 2.57.